The lowest BCUT2D eigenvalue weighted by Gasteiger charge is -2.29. The topological polar surface area (TPSA) is 41.1 Å². The molecule has 0 saturated heterocycles. The zero-order valence-electron chi connectivity index (χ0n) is 12.3. The average molecular weight is 254 g/mol. The van der Waals surface area contributed by atoms with E-state index in [1.54, 1.807) is 0 Å². The summed E-state index contributed by atoms with van der Waals surface area (Å²) in [5.41, 5.74) is 0. The number of carbonyl (C=O) groups excluding carboxylic acids is 1. The summed E-state index contributed by atoms with van der Waals surface area (Å²) in [6, 6.07) is 0.426. The lowest BCUT2D eigenvalue weighted by atomic mass is 9.83. The third-order valence-electron chi connectivity index (χ3n) is 4.04. The molecule has 1 amide bonds. The summed E-state index contributed by atoms with van der Waals surface area (Å²) in [6.07, 6.45) is 7.58. The summed E-state index contributed by atoms with van der Waals surface area (Å²) in [7, 11) is 0. The first-order valence-corrected chi connectivity index (χ1v) is 7.68. The van der Waals surface area contributed by atoms with Crippen molar-refractivity contribution in [3.05, 3.63) is 0 Å². The predicted octanol–water partition coefficient (Wildman–Crippen LogP) is 2.71. The minimum atomic E-state index is 0.0818. The lowest BCUT2D eigenvalue weighted by Crippen LogP contribution is -2.42. The maximum absolute atomic E-state index is 12.0. The van der Waals surface area contributed by atoms with Gasteiger partial charge in [0.25, 0.3) is 0 Å². The van der Waals surface area contributed by atoms with Gasteiger partial charge in [-0.3, -0.25) is 4.79 Å². The Kier molecular flexibility index (Phi) is 7.33. The molecule has 0 aromatic carbocycles. The monoisotopic (exact) mass is 254 g/mol. The number of carbonyl (C=O) groups is 1. The highest BCUT2D eigenvalue weighted by Crippen LogP contribution is 2.27. The molecule has 3 nitrogen and oxygen atoms in total. The van der Waals surface area contributed by atoms with Crippen LogP contribution in [0.15, 0.2) is 0 Å². The molecule has 3 heteroatoms. The van der Waals surface area contributed by atoms with Gasteiger partial charge in [-0.2, -0.15) is 0 Å². The molecule has 1 unspecified atom stereocenters. The summed E-state index contributed by atoms with van der Waals surface area (Å²) >= 11 is 0. The smallest absolute Gasteiger partial charge is 0.224 e. The van der Waals surface area contributed by atoms with E-state index in [9.17, 15) is 4.79 Å². The minimum Gasteiger partial charge on any atom is -0.353 e. The molecule has 1 saturated carbocycles. The second kappa shape index (κ2) is 8.52. The Morgan fingerprint density at radius 1 is 1.22 bits per heavy atom. The molecule has 18 heavy (non-hydrogen) atoms. The first-order valence-electron chi connectivity index (χ1n) is 7.68. The highest BCUT2D eigenvalue weighted by molar-refractivity contribution is 5.78. The van der Waals surface area contributed by atoms with Gasteiger partial charge in [0.05, 0.1) is 0 Å². The van der Waals surface area contributed by atoms with E-state index >= 15 is 0 Å². The molecule has 0 bridgehead atoms. The summed E-state index contributed by atoms with van der Waals surface area (Å²) in [5.74, 6) is 1.20. The van der Waals surface area contributed by atoms with Crippen molar-refractivity contribution in [2.75, 3.05) is 13.1 Å². The van der Waals surface area contributed by atoms with Crippen LogP contribution in [-0.2, 0) is 4.79 Å². The fraction of sp³-hybridized carbons (Fsp3) is 0.933. The summed E-state index contributed by atoms with van der Waals surface area (Å²) in [4.78, 5) is 12.0. The lowest BCUT2D eigenvalue weighted by molar-refractivity contribution is -0.125. The first-order chi connectivity index (χ1) is 8.67. The summed E-state index contributed by atoms with van der Waals surface area (Å²) < 4.78 is 0. The first kappa shape index (κ1) is 15.5. The van der Waals surface area contributed by atoms with Gasteiger partial charge in [-0.25, -0.2) is 0 Å². The van der Waals surface area contributed by atoms with Gasteiger partial charge in [-0.15, -0.1) is 0 Å². The maximum Gasteiger partial charge on any atom is 0.224 e. The molecule has 0 aromatic rings. The van der Waals surface area contributed by atoms with E-state index in [4.69, 9.17) is 0 Å². The van der Waals surface area contributed by atoms with Crippen molar-refractivity contribution in [2.45, 2.75) is 65.3 Å². The quantitative estimate of drug-likeness (QED) is 0.733. The van der Waals surface area contributed by atoms with Crippen LogP contribution in [0.25, 0.3) is 0 Å². The van der Waals surface area contributed by atoms with Gasteiger partial charge in [-0.1, -0.05) is 33.6 Å². The van der Waals surface area contributed by atoms with Crippen molar-refractivity contribution in [3.63, 3.8) is 0 Å². The van der Waals surface area contributed by atoms with Crippen LogP contribution < -0.4 is 10.6 Å². The van der Waals surface area contributed by atoms with Crippen LogP contribution in [0.3, 0.4) is 0 Å². The van der Waals surface area contributed by atoms with E-state index in [1.165, 1.54) is 38.5 Å². The molecular weight excluding hydrogens is 224 g/mol. The van der Waals surface area contributed by atoms with Crippen molar-refractivity contribution in [1.29, 1.82) is 0 Å². The molecule has 1 rings (SSSR count). The predicted molar refractivity (Wildman–Crippen MR) is 76.5 cm³/mol. The van der Waals surface area contributed by atoms with Crippen LogP contribution in [0.1, 0.15) is 59.3 Å². The number of rotatable bonds is 7. The molecule has 2 N–H and O–H groups in total. The highest BCUT2D eigenvalue weighted by atomic mass is 16.1. The van der Waals surface area contributed by atoms with Crippen LogP contribution in [-0.4, -0.2) is 25.0 Å². The second-order valence-electron chi connectivity index (χ2n) is 5.72. The van der Waals surface area contributed by atoms with Crippen molar-refractivity contribution in [2.24, 2.45) is 11.8 Å². The molecule has 1 fully saturated rings. The van der Waals surface area contributed by atoms with Gasteiger partial charge in [0, 0.05) is 18.5 Å². The number of hydrogen-bond donors (Lipinski definition) is 2. The molecule has 0 radical (unpaired) electrons. The molecule has 1 atom stereocenters. The molecule has 0 aliphatic heterocycles. The standard InChI is InChI=1S/C15H30N2O/c1-4-6-13-7-9-14(10-8-13)17-15(18)12(3)11-16-5-2/h12-14,16H,4-11H2,1-3H3,(H,17,18). The molecule has 1 aliphatic carbocycles. The molecule has 0 spiro atoms. The van der Waals surface area contributed by atoms with Crippen LogP contribution >= 0.6 is 0 Å². The largest absolute Gasteiger partial charge is 0.353 e. The van der Waals surface area contributed by atoms with E-state index in [2.05, 4.69) is 24.5 Å². The van der Waals surface area contributed by atoms with Crippen molar-refractivity contribution in [3.8, 4) is 0 Å². The maximum atomic E-state index is 12.0. The fourth-order valence-electron chi connectivity index (χ4n) is 2.80. The zero-order valence-corrected chi connectivity index (χ0v) is 12.3. The third kappa shape index (κ3) is 5.38. The van der Waals surface area contributed by atoms with E-state index in [0.29, 0.717) is 6.04 Å². The zero-order chi connectivity index (χ0) is 13.4. The van der Waals surface area contributed by atoms with Crippen LogP contribution in [0.2, 0.25) is 0 Å². The van der Waals surface area contributed by atoms with E-state index < -0.39 is 0 Å². The Morgan fingerprint density at radius 3 is 2.44 bits per heavy atom. The SMILES string of the molecule is CCCC1CCC(NC(=O)C(C)CNCC)CC1. The van der Waals surface area contributed by atoms with E-state index in [-0.39, 0.29) is 11.8 Å². The van der Waals surface area contributed by atoms with Crippen LogP contribution in [0.5, 0.6) is 0 Å². The molecular formula is C15H30N2O. The van der Waals surface area contributed by atoms with Crippen LogP contribution in [0, 0.1) is 11.8 Å². The highest BCUT2D eigenvalue weighted by Gasteiger charge is 2.23. The number of hydrogen-bond acceptors (Lipinski definition) is 2. The minimum absolute atomic E-state index is 0.0818. The Balaban J connectivity index is 2.21. The normalized spacial score (nSPS) is 25.7. The number of nitrogens with one attached hydrogen (secondary N) is 2. The van der Waals surface area contributed by atoms with Gasteiger partial charge < -0.3 is 10.6 Å². The second-order valence-corrected chi connectivity index (χ2v) is 5.72. The van der Waals surface area contributed by atoms with Gasteiger partial charge in [0.2, 0.25) is 5.91 Å². The fourth-order valence-corrected chi connectivity index (χ4v) is 2.80. The van der Waals surface area contributed by atoms with Gasteiger partial charge in [0.15, 0.2) is 0 Å². The van der Waals surface area contributed by atoms with Gasteiger partial charge >= 0.3 is 0 Å². The Labute approximate surface area is 112 Å². The Hall–Kier alpha value is -0.570. The van der Waals surface area contributed by atoms with E-state index in [1.807, 2.05) is 6.92 Å². The Morgan fingerprint density at radius 2 is 1.89 bits per heavy atom. The van der Waals surface area contributed by atoms with Crippen LogP contribution in [0.4, 0.5) is 0 Å². The summed E-state index contributed by atoms with van der Waals surface area (Å²) in [6.45, 7) is 8.05. The van der Waals surface area contributed by atoms with Gasteiger partial charge in [0.1, 0.15) is 0 Å². The third-order valence-corrected chi connectivity index (χ3v) is 4.04. The van der Waals surface area contributed by atoms with Crippen molar-refractivity contribution in [1.82, 2.24) is 10.6 Å². The molecule has 0 aromatic heterocycles. The average Bonchev–Trinajstić information content (AvgIpc) is 2.38. The molecule has 106 valence electrons. The van der Waals surface area contributed by atoms with Crippen molar-refractivity contribution >= 4 is 5.91 Å². The molecule has 0 heterocycles. The van der Waals surface area contributed by atoms with Crippen molar-refractivity contribution < 1.29 is 4.79 Å². The van der Waals surface area contributed by atoms with Gasteiger partial charge in [-0.05, 0) is 38.1 Å². The summed E-state index contributed by atoms with van der Waals surface area (Å²) in [5, 5.41) is 6.44. The molecule has 1 aliphatic rings. The van der Waals surface area contributed by atoms with E-state index in [0.717, 1.165) is 19.0 Å². The number of amides is 1. The Bertz CT molecular complexity index is 235.